The number of carbonyl (C=O) groups is 1. The molecule has 0 N–H and O–H groups in total. The molecule has 0 bridgehead atoms. The monoisotopic (exact) mass is 350 g/mol. The summed E-state index contributed by atoms with van der Waals surface area (Å²) >= 11 is 0. The lowest BCUT2D eigenvalue weighted by Crippen LogP contribution is -2.54. The van der Waals surface area contributed by atoms with Crippen molar-refractivity contribution >= 4 is 5.91 Å². The summed E-state index contributed by atoms with van der Waals surface area (Å²) in [5, 5.41) is 0. The minimum Gasteiger partial charge on any atom is -0.339 e. The third-order valence-corrected chi connectivity index (χ3v) is 6.41. The summed E-state index contributed by atoms with van der Waals surface area (Å²) in [6, 6.07) is 15.6. The van der Waals surface area contributed by atoms with E-state index in [1.165, 1.54) is 17.2 Å². The standard InChI is InChI=1S/C22H23FN2O/c23-19-8-4-3-7-18(19)22(10-11-22)21(26)25-14-13-24-12-9-16-5-1-2-6-17(16)20(24)15-25/h1-8,20H,9-15H2. The summed E-state index contributed by atoms with van der Waals surface area (Å²) in [6.07, 6.45) is 2.60. The van der Waals surface area contributed by atoms with E-state index in [1.54, 1.807) is 12.1 Å². The first-order chi connectivity index (χ1) is 12.7. The lowest BCUT2D eigenvalue weighted by Gasteiger charge is -2.45. The Balaban J connectivity index is 1.42. The summed E-state index contributed by atoms with van der Waals surface area (Å²) in [5.74, 6) is -0.134. The Morgan fingerprint density at radius 2 is 1.77 bits per heavy atom. The van der Waals surface area contributed by atoms with Gasteiger partial charge in [0, 0.05) is 31.7 Å². The number of fused-ring (bicyclic) bond motifs is 3. The lowest BCUT2D eigenvalue weighted by molar-refractivity contribution is -0.137. The van der Waals surface area contributed by atoms with Gasteiger partial charge < -0.3 is 4.90 Å². The molecule has 2 aromatic carbocycles. The van der Waals surface area contributed by atoms with Crippen molar-refractivity contribution in [3.63, 3.8) is 0 Å². The van der Waals surface area contributed by atoms with Gasteiger partial charge in [-0.2, -0.15) is 0 Å². The smallest absolute Gasteiger partial charge is 0.233 e. The van der Waals surface area contributed by atoms with Gasteiger partial charge in [0.15, 0.2) is 0 Å². The maximum atomic E-state index is 14.3. The largest absolute Gasteiger partial charge is 0.339 e. The van der Waals surface area contributed by atoms with Crippen LogP contribution in [-0.4, -0.2) is 41.9 Å². The molecule has 1 saturated heterocycles. The second-order valence-corrected chi connectivity index (χ2v) is 7.81. The topological polar surface area (TPSA) is 23.6 Å². The number of carbonyl (C=O) groups excluding carboxylic acids is 1. The molecule has 2 fully saturated rings. The van der Waals surface area contributed by atoms with E-state index in [9.17, 15) is 9.18 Å². The third kappa shape index (κ3) is 2.39. The van der Waals surface area contributed by atoms with Gasteiger partial charge in [0.05, 0.1) is 11.5 Å². The predicted octanol–water partition coefficient (Wildman–Crippen LogP) is 3.30. The van der Waals surface area contributed by atoms with Crippen LogP contribution < -0.4 is 0 Å². The van der Waals surface area contributed by atoms with Gasteiger partial charge in [-0.05, 0) is 36.5 Å². The zero-order valence-electron chi connectivity index (χ0n) is 14.8. The number of nitrogens with zero attached hydrogens (tertiary/aromatic N) is 2. The Bertz CT molecular complexity index is 861. The summed E-state index contributed by atoms with van der Waals surface area (Å²) in [5.41, 5.74) is 2.71. The van der Waals surface area contributed by atoms with Crippen LogP contribution in [0.3, 0.4) is 0 Å². The Morgan fingerprint density at radius 1 is 1.00 bits per heavy atom. The van der Waals surface area contributed by atoms with E-state index >= 15 is 0 Å². The normalized spacial score (nSPS) is 23.9. The van der Waals surface area contributed by atoms with E-state index in [-0.39, 0.29) is 17.8 Å². The average Bonchev–Trinajstić information content (AvgIpc) is 3.49. The first-order valence-electron chi connectivity index (χ1n) is 9.55. The van der Waals surface area contributed by atoms with Crippen LogP contribution >= 0.6 is 0 Å². The molecule has 26 heavy (non-hydrogen) atoms. The predicted molar refractivity (Wildman–Crippen MR) is 98.4 cm³/mol. The fourth-order valence-electron chi connectivity index (χ4n) is 4.79. The Labute approximate surface area is 153 Å². The summed E-state index contributed by atoms with van der Waals surface area (Å²) < 4.78 is 14.3. The Morgan fingerprint density at radius 3 is 2.58 bits per heavy atom. The molecule has 2 aliphatic heterocycles. The van der Waals surface area contributed by atoms with Gasteiger partial charge in [0.25, 0.3) is 0 Å². The fraction of sp³-hybridized carbons (Fsp3) is 0.409. The number of amides is 1. The highest BCUT2D eigenvalue weighted by molar-refractivity contribution is 5.91. The maximum absolute atomic E-state index is 14.3. The van der Waals surface area contributed by atoms with Crippen molar-refractivity contribution in [2.75, 3.05) is 26.2 Å². The summed E-state index contributed by atoms with van der Waals surface area (Å²) in [7, 11) is 0. The molecule has 4 heteroatoms. The Hall–Kier alpha value is -2.20. The van der Waals surface area contributed by atoms with E-state index < -0.39 is 5.41 Å². The molecule has 2 heterocycles. The van der Waals surface area contributed by atoms with Crippen LogP contribution in [0.5, 0.6) is 0 Å². The maximum Gasteiger partial charge on any atom is 0.233 e. The van der Waals surface area contributed by atoms with Crippen LogP contribution in [0.2, 0.25) is 0 Å². The van der Waals surface area contributed by atoms with Crippen molar-refractivity contribution in [2.24, 2.45) is 0 Å². The number of halogens is 1. The van der Waals surface area contributed by atoms with Crippen LogP contribution in [0.15, 0.2) is 48.5 Å². The van der Waals surface area contributed by atoms with Gasteiger partial charge in [-0.1, -0.05) is 42.5 Å². The molecular weight excluding hydrogens is 327 g/mol. The highest BCUT2D eigenvalue weighted by Gasteiger charge is 2.55. The van der Waals surface area contributed by atoms with E-state index in [1.807, 2.05) is 11.0 Å². The first-order valence-corrected chi connectivity index (χ1v) is 9.55. The fourth-order valence-corrected chi connectivity index (χ4v) is 4.79. The molecule has 0 radical (unpaired) electrons. The summed E-state index contributed by atoms with van der Waals surface area (Å²) in [4.78, 5) is 17.8. The van der Waals surface area contributed by atoms with Crippen molar-refractivity contribution < 1.29 is 9.18 Å². The zero-order valence-corrected chi connectivity index (χ0v) is 14.8. The first kappa shape index (κ1) is 16.0. The molecular formula is C22H23FN2O. The second-order valence-electron chi connectivity index (χ2n) is 7.81. The number of hydrogen-bond donors (Lipinski definition) is 0. The number of hydrogen-bond acceptors (Lipinski definition) is 2. The molecule has 1 unspecified atom stereocenters. The average molecular weight is 350 g/mol. The molecule has 0 spiro atoms. The third-order valence-electron chi connectivity index (χ3n) is 6.41. The molecule has 1 saturated carbocycles. The number of piperazine rings is 1. The van der Waals surface area contributed by atoms with Crippen LogP contribution in [0, 0.1) is 5.82 Å². The van der Waals surface area contributed by atoms with Crippen molar-refractivity contribution in [3.05, 3.63) is 71.0 Å². The lowest BCUT2D eigenvalue weighted by atomic mass is 9.89. The van der Waals surface area contributed by atoms with Crippen molar-refractivity contribution in [2.45, 2.75) is 30.7 Å². The van der Waals surface area contributed by atoms with Crippen molar-refractivity contribution in [1.82, 2.24) is 9.80 Å². The molecule has 1 atom stereocenters. The van der Waals surface area contributed by atoms with Gasteiger partial charge in [-0.15, -0.1) is 0 Å². The van der Waals surface area contributed by atoms with Crippen LogP contribution in [-0.2, 0) is 16.6 Å². The molecule has 1 amide bonds. The molecule has 134 valence electrons. The zero-order chi connectivity index (χ0) is 17.7. The van der Waals surface area contributed by atoms with Crippen LogP contribution in [0.4, 0.5) is 4.39 Å². The number of rotatable bonds is 2. The van der Waals surface area contributed by atoms with Crippen molar-refractivity contribution in [1.29, 1.82) is 0 Å². The van der Waals surface area contributed by atoms with Crippen LogP contribution in [0.1, 0.15) is 35.6 Å². The van der Waals surface area contributed by atoms with Crippen LogP contribution in [0.25, 0.3) is 0 Å². The van der Waals surface area contributed by atoms with Crippen molar-refractivity contribution in [3.8, 4) is 0 Å². The molecule has 0 aromatic heterocycles. The van der Waals surface area contributed by atoms with Gasteiger partial charge in [-0.25, -0.2) is 4.39 Å². The van der Waals surface area contributed by atoms with E-state index in [4.69, 9.17) is 0 Å². The van der Waals surface area contributed by atoms with E-state index in [0.717, 1.165) is 38.9 Å². The molecule has 3 nitrogen and oxygen atoms in total. The van der Waals surface area contributed by atoms with Gasteiger partial charge in [0.1, 0.15) is 5.82 Å². The van der Waals surface area contributed by atoms with Gasteiger partial charge in [0.2, 0.25) is 5.91 Å². The molecule has 2 aromatic rings. The molecule has 5 rings (SSSR count). The second kappa shape index (κ2) is 5.92. The van der Waals surface area contributed by atoms with E-state index in [2.05, 4.69) is 29.2 Å². The number of benzene rings is 2. The quantitative estimate of drug-likeness (QED) is 0.830. The highest BCUT2D eigenvalue weighted by atomic mass is 19.1. The SMILES string of the molecule is O=C(N1CCN2CCc3ccccc3C2C1)C1(c2ccccc2F)CC1. The minimum atomic E-state index is -0.623. The Kier molecular flexibility index (Phi) is 3.64. The minimum absolute atomic E-state index is 0.116. The van der Waals surface area contributed by atoms with E-state index in [0.29, 0.717) is 12.1 Å². The van der Waals surface area contributed by atoms with Gasteiger partial charge in [-0.3, -0.25) is 9.69 Å². The molecule has 1 aliphatic carbocycles. The van der Waals surface area contributed by atoms with Gasteiger partial charge >= 0.3 is 0 Å². The highest BCUT2D eigenvalue weighted by Crippen LogP contribution is 2.51. The molecule has 3 aliphatic rings. The summed E-state index contributed by atoms with van der Waals surface area (Å²) in [6.45, 7) is 3.42.